The molecule has 0 saturated carbocycles. The Morgan fingerprint density at radius 3 is 1.84 bits per heavy atom. The lowest BCUT2D eigenvalue weighted by molar-refractivity contribution is -0.115. The SMILES string of the molecule is COC(CC1CCN(c2ccc(Cn3c(-c4ccc(OCc5ccccc5)cc4)c(C)c4cc(OCc5ccccc5)ccc43)cc2)CC1)OC. The van der Waals surface area contributed by atoms with Crippen LogP contribution in [-0.4, -0.2) is 38.2 Å². The Labute approximate surface area is 302 Å². The first-order chi connectivity index (χ1) is 25.1. The Hall–Kier alpha value is -5.04. The molecule has 262 valence electrons. The summed E-state index contributed by atoms with van der Waals surface area (Å²) in [6, 6.07) is 44.8. The van der Waals surface area contributed by atoms with Crippen molar-refractivity contribution in [3.05, 3.63) is 150 Å². The molecule has 6 heteroatoms. The van der Waals surface area contributed by atoms with Crippen molar-refractivity contribution in [2.24, 2.45) is 5.92 Å². The third kappa shape index (κ3) is 8.30. The normalized spacial score (nSPS) is 13.6. The average Bonchev–Trinajstić information content (AvgIpc) is 3.46. The van der Waals surface area contributed by atoms with E-state index in [1.165, 1.54) is 33.4 Å². The Bertz CT molecular complexity index is 1980. The molecule has 1 aromatic heterocycles. The summed E-state index contributed by atoms with van der Waals surface area (Å²) >= 11 is 0. The van der Waals surface area contributed by atoms with Gasteiger partial charge in [0.15, 0.2) is 6.29 Å². The highest BCUT2D eigenvalue weighted by atomic mass is 16.7. The standard InChI is InChI=1S/C45H48N2O4/c1-33-42-29-41(51-32-37-12-8-5-9-13-37)22-23-43(42)47(45(33)38-16-20-40(21-17-38)50-31-36-10-6-4-7-11-36)30-35-14-18-39(19-15-35)46-26-24-34(25-27-46)28-44(48-2)49-3/h4-23,29,34,44H,24-28,30-32H2,1-3H3. The highest BCUT2D eigenvalue weighted by Crippen LogP contribution is 2.37. The Morgan fingerprint density at radius 1 is 0.647 bits per heavy atom. The number of piperidine rings is 1. The highest BCUT2D eigenvalue weighted by molar-refractivity contribution is 5.92. The van der Waals surface area contributed by atoms with Crippen molar-refractivity contribution in [2.45, 2.75) is 52.2 Å². The van der Waals surface area contributed by atoms with Crippen LogP contribution in [0.3, 0.4) is 0 Å². The number of anilines is 1. The molecule has 6 nitrogen and oxygen atoms in total. The van der Waals surface area contributed by atoms with Crippen LogP contribution in [-0.2, 0) is 29.2 Å². The molecule has 1 aliphatic heterocycles. The maximum atomic E-state index is 6.27. The molecule has 1 saturated heterocycles. The summed E-state index contributed by atoms with van der Waals surface area (Å²) in [4.78, 5) is 2.51. The van der Waals surface area contributed by atoms with Crippen LogP contribution in [0.25, 0.3) is 22.2 Å². The Kier molecular flexibility index (Phi) is 11.0. The Morgan fingerprint density at radius 2 is 1.24 bits per heavy atom. The van der Waals surface area contributed by atoms with Gasteiger partial charge in [0, 0.05) is 56.9 Å². The van der Waals surface area contributed by atoms with Gasteiger partial charge in [-0.3, -0.25) is 0 Å². The molecule has 1 fully saturated rings. The first-order valence-corrected chi connectivity index (χ1v) is 18.0. The van der Waals surface area contributed by atoms with Crippen molar-refractivity contribution in [1.29, 1.82) is 0 Å². The van der Waals surface area contributed by atoms with Crippen molar-refractivity contribution >= 4 is 16.6 Å². The molecule has 1 aliphatic rings. The van der Waals surface area contributed by atoms with Gasteiger partial charge in [-0.25, -0.2) is 0 Å². The molecule has 0 spiro atoms. The monoisotopic (exact) mass is 680 g/mol. The van der Waals surface area contributed by atoms with Crippen molar-refractivity contribution < 1.29 is 18.9 Å². The predicted molar refractivity (Wildman–Crippen MR) is 207 cm³/mol. The molecule has 0 unspecified atom stereocenters. The average molecular weight is 681 g/mol. The minimum absolute atomic E-state index is 0.113. The second-order valence-corrected chi connectivity index (χ2v) is 13.5. The van der Waals surface area contributed by atoms with Gasteiger partial charge in [-0.15, -0.1) is 0 Å². The van der Waals surface area contributed by atoms with Crippen LogP contribution < -0.4 is 14.4 Å². The number of nitrogens with zero attached hydrogens (tertiary/aromatic N) is 2. The molecule has 0 bridgehead atoms. The minimum Gasteiger partial charge on any atom is -0.489 e. The first kappa shape index (κ1) is 34.4. The summed E-state index contributed by atoms with van der Waals surface area (Å²) < 4.78 is 25.8. The summed E-state index contributed by atoms with van der Waals surface area (Å²) in [5.74, 6) is 2.36. The summed E-state index contributed by atoms with van der Waals surface area (Å²) in [5.41, 5.74) is 9.64. The molecule has 51 heavy (non-hydrogen) atoms. The first-order valence-electron chi connectivity index (χ1n) is 18.0. The summed E-state index contributed by atoms with van der Waals surface area (Å²) in [5, 5.41) is 1.20. The molecule has 5 aromatic carbocycles. The lowest BCUT2D eigenvalue weighted by Gasteiger charge is -2.34. The van der Waals surface area contributed by atoms with Crippen molar-refractivity contribution in [1.82, 2.24) is 4.57 Å². The van der Waals surface area contributed by atoms with Crippen LogP contribution in [0.15, 0.2) is 127 Å². The number of hydrogen-bond acceptors (Lipinski definition) is 5. The second-order valence-electron chi connectivity index (χ2n) is 13.5. The molecular formula is C45H48N2O4. The van der Waals surface area contributed by atoms with Crippen LogP contribution in [0.5, 0.6) is 11.5 Å². The topological polar surface area (TPSA) is 45.1 Å². The molecule has 0 radical (unpaired) electrons. The van der Waals surface area contributed by atoms with Crippen molar-refractivity contribution in [3.8, 4) is 22.8 Å². The lowest BCUT2D eigenvalue weighted by atomic mass is 9.93. The van der Waals surface area contributed by atoms with Gasteiger partial charge in [-0.05, 0) is 108 Å². The smallest absolute Gasteiger partial charge is 0.157 e. The number of methoxy groups -OCH3 is 2. The maximum absolute atomic E-state index is 6.27. The molecule has 0 amide bonds. The van der Waals surface area contributed by atoms with Gasteiger partial charge in [0.2, 0.25) is 0 Å². The number of aromatic nitrogens is 1. The van der Waals surface area contributed by atoms with Crippen molar-refractivity contribution in [3.63, 3.8) is 0 Å². The largest absolute Gasteiger partial charge is 0.489 e. The van der Waals surface area contributed by atoms with Gasteiger partial charge < -0.3 is 28.4 Å². The maximum Gasteiger partial charge on any atom is 0.157 e. The van der Waals surface area contributed by atoms with Gasteiger partial charge in [-0.1, -0.05) is 72.8 Å². The summed E-state index contributed by atoms with van der Waals surface area (Å²) in [7, 11) is 3.45. The lowest BCUT2D eigenvalue weighted by Crippen LogP contribution is -2.35. The fourth-order valence-corrected chi connectivity index (χ4v) is 7.30. The molecule has 6 aromatic rings. The second kappa shape index (κ2) is 16.3. The fourth-order valence-electron chi connectivity index (χ4n) is 7.30. The Balaban J connectivity index is 1.12. The molecule has 0 N–H and O–H groups in total. The molecular weight excluding hydrogens is 633 g/mol. The van der Waals surface area contributed by atoms with E-state index in [2.05, 4.69) is 107 Å². The number of aryl methyl sites for hydroxylation is 1. The van der Waals surface area contributed by atoms with E-state index in [4.69, 9.17) is 18.9 Å². The molecule has 0 aliphatic carbocycles. The fraction of sp³-hybridized carbons (Fsp3) is 0.289. The van der Waals surface area contributed by atoms with Crippen LogP contribution in [0, 0.1) is 12.8 Å². The van der Waals surface area contributed by atoms with E-state index in [1.807, 2.05) is 36.4 Å². The van der Waals surface area contributed by atoms with E-state index in [-0.39, 0.29) is 6.29 Å². The molecule has 2 heterocycles. The number of rotatable bonds is 14. The van der Waals surface area contributed by atoms with Gasteiger partial charge in [0.25, 0.3) is 0 Å². The van der Waals surface area contributed by atoms with Crippen LogP contribution in [0.1, 0.15) is 41.5 Å². The third-order valence-electron chi connectivity index (χ3n) is 10.2. The number of benzene rings is 5. The van der Waals surface area contributed by atoms with Gasteiger partial charge in [0.05, 0.1) is 5.69 Å². The van der Waals surface area contributed by atoms with E-state index in [0.29, 0.717) is 19.1 Å². The number of ether oxygens (including phenoxy) is 4. The molecule has 7 rings (SSSR count). The minimum atomic E-state index is -0.113. The van der Waals surface area contributed by atoms with Crippen molar-refractivity contribution in [2.75, 3.05) is 32.2 Å². The zero-order chi connectivity index (χ0) is 35.0. The van der Waals surface area contributed by atoms with Gasteiger partial charge in [0.1, 0.15) is 24.7 Å². The summed E-state index contributed by atoms with van der Waals surface area (Å²) in [6.07, 6.45) is 3.14. The highest BCUT2D eigenvalue weighted by Gasteiger charge is 2.23. The van der Waals surface area contributed by atoms with E-state index in [9.17, 15) is 0 Å². The van der Waals surface area contributed by atoms with Gasteiger partial charge in [-0.2, -0.15) is 0 Å². The molecule has 0 atom stereocenters. The zero-order valence-electron chi connectivity index (χ0n) is 30.0. The quantitative estimate of drug-likeness (QED) is 0.107. The van der Waals surface area contributed by atoms with Gasteiger partial charge >= 0.3 is 0 Å². The van der Waals surface area contributed by atoms with E-state index in [1.54, 1.807) is 14.2 Å². The zero-order valence-corrected chi connectivity index (χ0v) is 30.0. The van der Waals surface area contributed by atoms with E-state index >= 15 is 0 Å². The summed E-state index contributed by atoms with van der Waals surface area (Å²) in [6.45, 7) is 6.16. The number of hydrogen-bond donors (Lipinski definition) is 0. The van der Waals surface area contributed by atoms with Crippen LogP contribution >= 0.6 is 0 Å². The van der Waals surface area contributed by atoms with E-state index in [0.717, 1.165) is 67.1 Å². The third-order valence-corrected chi connectivity index (χ3v) is 10.2. The van der Waals surface area contributed by atoms with E-state index < -0.39 is 0 Å². The van der Waals surface area contributed by atoms with Crippen LogP contribution in [0.2, 0.25) is 0 Å². The van der Waals surface area contributed by atoms with Crippen LogP contribution in [0.4, 0.5) is 5.69 Å². The number of fused-ring (bicyclic) bond motifs is 1. The predicted octanol–water partition coefficient (Wildman–Crippen LogP) is 10.0.